The van der Waals surface area contributed by atoms with Gasteiger partial charge in [-0.1, -0.05) is 13.8 Å². The zero-order chi connectivity index (χ0) is 21.6. The third-order valence-electron chi connectivity index (χ3n) is 4.62. The normalized spacial score (nSPS) is 19.7. The Kier molecular flexibility index (Phi) is 9.03. The third-order valence-corrected chi connectivity index (χ3v) is 4.87. The van der Waals surface area contributed by atoms with Crippen molar-refractivity contribution in [3.8, 4) is 0 Å². The number of rotatable bonds is 9. The van der Waals surface area contributed by atoms with Crippen LogP contribution in [0.1, 0.15) is 40.5 Å². The van der Waals surface area contributed by atoms with Crippen LogP contribution >= 0.6 is 11.6 Å². The van der Waals surface area contributed by atoms with Crippen LogP contribution in [-0.2, 0) is 24.0 Å². The molecular formula is C18H29ClN4O5. The number of nitrogens with two attached hydrogens (primary N) is 1. The number of nitrogens with zero attached hydrogens (tertiary/aromatic N) is 1. The molecule has 10 heteroatoms. The Balaban J connectivity index is 2.85. The van der Waals surface area contributed by atoms with E-state index < -0.39 is 59.3 Å². The van der Waals surface area contributed by atoms with Crippen molar-refractivity contribution in [2.24, 2.45) is 11.7 Å². The lowest BCUT2D eigenvalue weighted by Crippen LogP contribution is -2.56. The molecule has 3 amide bonds. The van der Waals surface area contributed by atoms with E-state index >= 15 is 0 Å². The minimum Gasteiger partial charge on any atom is -0.344 e. The van der Waals surface area contributed by atoms with Crippen LogP contribution in [0.5, 0.6) is 0 Å². The van der Waals surface area contributed by atoms with Crippen molar-refractivity contribution < 1.29 is 24.0 Å². The van der Waals surface area contributed by atoms with Crippen molar-refractivity contribution in [2.75, 3.05) is 12.4 Å². The maximum Gasteiger partial charge on any atom is 0.245 e. The summed E-state index contributed by atoms with van der Waals surface area (Å²) in [6.45, 7) is 6.79. The molecule has 0 bridgehead atoms. The highest BCUT2D eigenvalue weighted by molar-refractivity contribution is 6.48. The predicted octanol–water partition coefficient (Wildman–Crippen LogP) is -0.653. The maximum absolute atomic E-state index is 12.7. The van der Waals surface area contributed by atoms with Gasteiger partial charge in [-0.15, -0.1) is 11.6 Å². The first-order valence-electron chi connectivity index (χ1n) is 9.31. The summed E-state index contributed by atoms with van der Waals surface area (Å²) < 4.78 is 0. The molecule has 0 aliphatic carbocycles. The molecular weight excluding hydrogens is 388 g/mol. The number of hydrogen-bond acceptors (Lipinski definition) is 6. The Labute approximate surface area is 169 Å². The van der Waals surface area contributed by atoms with Crippen LogP contribution in [0.2, 0.25) is 0 Å². The lowest BCUT2D eigenvalue weighted by Gasteiger charge is -2.29. The number of amides is 3. The zero-order valence-corrected chi connectivity index (χ0v) is 17.4. The third kappa shape index (κ3) is 6.00. The fourth-order valence-corrected chi connectivity index (χ4v) is 3.11. The smallest absolute Gasteiger partial charge is 0.245 e. The van der Waals surface area contributed by atoms with Crippen molar-refractivity contribution in [3.05, 3.63) is 0 Å². The van der Waals surface area contributed by atoms with Gasteiger partial charge in [0.1, 0.15) is 12.1 Å². The number of ketones is 2. The number of alkyl halides is 1. The molecule has 1 heterocycles. The molecule has 1 fully saturated rings. The molecule has 1 rings (SSSR count). The van der Waals surface area contributed by atoms with Crippen LogP contribution in [-0.4, -0.2) is 70.8 Å². The lowest BCUT2D eigenvalue weighted by molar-refractivity contribution is -0.143. The van der Waals surface area contributed by atoms with E-state index in [2.05, 4.69) is 10.6 Å². The Morgan fingerprint density at radius 1 is 1.11 bits per heavy atom. The summed E-state index contributed by atoms with van der Waals surface area (Å²) in [6, 6.07) is -3.38. The van der Waals surface area contributed by atoms with Crippen LogP contribution in [0.3, 0.4) is 0 Å². The molecule has 158 valence electrons. The van der Waals surface area contributed by atoms with Gasteiger partial charge in [-0.25, -0.2) is 0 Å². The number of carbonyl (C=O) groups is 5. The van der Waals surface area contributed by atoms with Gasteiger partial charge in [-0.3, -0.25) is 24.0 Å². The van der Waals surface area contributed by atoms with Gasteiger partial charge in [0.2, 0.25) is 29.3 Å². The highest BCUT2D eigenvalue weighted by atomic mass is 35.5. The van der Waals surface area contributed by atoms with Crippen molar-refractivity contribution in [1.82, 2.24) is 15.5 Å². The average molecular weight is 417 g/mol. The molecule has 0 saturated carbocycles. The first-order valence-corrected chi connectivity index (χ1v) is 9.84. The van der Waals surface area contributed by atoms with Gasteiger partial charge in [-0.05, 0) is 32.6 Å². The molecule has 1 saturated heterocycles. The van der Waals surface area contributed by atoms with E-state index in [0.29, 0.717) is 19.4 Å². The molecule has 0 aromatic heterocycles. The number of halogens is 1. The van der Waals surface area contributed by atoms with Gasteiger partial charge in [0.15, 0.2) is 0 Å². The first-order chi connectivity index (χ1) is 13.0. The zero-order valence-electron chi connectivity index (χ0n) is 16.7. The van der Waals surface area contributed by atoms with Crippen LogP contribution in [0.4, 0.5) is 0 Å². The molecule has 0 aromatic rings. The van der Waals surface area contributed by atoms with E-state index in [9.17, 15) is 24.0 Å². The van der Waals surface area contributed by atoms with Crippen LogP contribution < -0.4 is 16.4 Å². The predicted molar refractivity (Wildman–Crippen MR) is 103 cm³/mol. The van der Waals surface area contributed by atoms with Crippen molar-refractivity contribution in [3.63, 3.8) is 0 Å². The molecule has 4 N–H and O–H groups in total. The highest BCUT2D eigenvalue weighted by Gasteiger charge is 2.38. The Morgan fingerprint density at radius 2 is 1.71 bits per heavy atom. The van der Waals surface area contributed by atoms with Crippen LogP contribution in [0.15, 0.2) is 0 Å². The van der Waals surface area contributed by atoms with Crippen molar-refractivity contribution >= 4 is 40.9 Å². The maximum atomic E-state index is 12.7. The monoisotopic (exact) mass is 416 g/mol. The topological polar surface area (TPSA) is 139 Å². The molecule has 0 aromatic carbocycles. The fourth-order valence-electron chi connectivity index (χ4n) is 2.98. The van der Waals surface area contributed by atoms with E-state index in [1.807, 2.05) is 0 Å². The molecule has 1 aliphatic rings. The van der Waals surface area contributed by atoms with Crippen LogP contribution in [0.25, 0.3) is 0 Å². The summed E-state index contributed by atoms with van der Waals surface area (Å²) in [6.07, 6.45) is 1.03. The second-order valence-electron chi connectivity index (χ2n) is 7.36. The number of nitrogens with one attached hydrogen (secondary N) is 2. The quantitative estimate of drug-likeness (QED) is 0.337. The molecule has 4 atom stereocenters. The van der Waals surface area contributed by atoms with Crippen molar-refractivity contribution in [1.29, 1.82) is 0 Å². The molecule has 0 unspecified atom stereocenters. The molecule has 1 aliphatic heterocycles. The van der Waals surface area contributed by atoms with E-state index in [4.69, 9.17) is 17.3 Å². The van der Waals surface area contributed by atoms with E-state index in [1.165, 1.54) is 18.7 Å². The summed E-state index contributed by atoms with van der Waals surface area (Å²) in [4.78, 5) is 62.3. The van der Waals surface area contributed by atoms with Gasteiger partial charge in [-0.2, -0.15) is 0 Å². The molecule has 0 radical (unpaired) electrons. The number of hydrogen-bond donors (Lipinski definition) is 3. The Morgan fingerprint density at radius 3 is 2.21 bits per heavy atom. The minimum atomic E-state index is -1.01. The van der Waals surface area contributed by atoms with Gasteiger partial charge in [0, 0.05) is 6.54 Å². The summed E-state index contributed by atoms with van der Waals surface area (Å²) in [5.74, 6) is -3.69. The van der Waals surface area contributed by atoms with Gasteiger partial charge >= 0.3 is 0 Å². The van der Waals surface area contributed by atoms with E-state index in [-0.39, 0.29) is 5.92 Å². The molecule has 9 nitrogen and oxygen atoms in total. The molecule has 0 spiro atoms. The van der Waals surface area contributed by atoms with Gasteiger partial charge < -0.3 is 21.3 Å². The highest BCUT2D eigenvalue weighted by Crippen LogP contribution is 2.19. The summed E-state index contributed by atoms with van der Waals surface area (Å²) in [5.41, 5.74) is 5.49. The summed E-state index contributed by atoms with van der Waals surface area (Å²) in [5, 5.41) is 5.10. The summed E-state index contributed by atoms with van der Waals surface area (Å²) >= 11 is 5.44. The number of likely N-dealkylation sites (tertiary alicyclic amines) is 1. The standard InChI is InChI=1S/C18H29ClN4O5/c1-9(2)14(15(25)13(24)8-19)22-17(27)12-6-5-7-23(12)18(28)11(4)21-16(26)10(3)20/h9-12,14H,5-8,20H2,1-4H3,(H,21,26)(H,22,27)/t10-,11-,12-,14-/m0/s1. The first kappa shape index (κ1) is 24.0. The van der Waals surface area contributed by atoms with Crippen molar-refractivity contribution in [2.45, 2.75) is 64.7 Å². The fraction of sp³-hybridized carbons (Fsp3) is 0.722. The van der Waals surface area contributed by atoms with E-state index in [0.717, 1.165) is 0 Å². The SMILES string of the molecule is CC(C)[C@H](NC(=O)[C@@H]1CCCN1C(=O)[C@H](C)NC(=O)[C@H](C)N)C(=O)C(=O)CCl. The number of Topliss-reactive ketones (excluding diaryl/α,β-unsaturated/α-hetero) is 2. The lowest BCUT2D eigenvalue weighted by atomic mass is 9.97. The minimum absolute atomic E-state index is 0.321. The van der Waals surface area contributed by atoms with E-state index in [1.54, 1.807) is 13.8 Å². The summed E-state index contributed by atoms with van der Waals surface area (Å²) in [7, 11) is 0. The second-order valence-corrected chi connectivity index (χ2v) is 7.63. The second kappa shape index (κ2) is 10.5. The number of carbonyl (C=O) groups excluding carboxylic acids is 5. The Hall–Kier alpha value is -2.00. The average Bonchev–Trinajstić information content (AvgIpc) is 3.13. The molecule has 28 heavy (non-hydrogen) atoms. The van der Waals surface area contributed by atoms with Crippen LogP contribution in [0, 0.1) is 5.92 Å². The van der Waals surface area contributed by atoms with Gasteiger partial charge in [0.25, 0.3) is 0 Å². The Bertz CT molecular complexity index is 637. The van der Waals surface area contributed by atoms with Gasteiger partial charge in [0.05, 0.1) is 18.0 Å². The largest absolute Gasteiger partial charge is 0.344 e.